The van der Waals surface area contributed by atoms with E-state index in [0.29, 0.717) is 0 Å². The average Bonchev–Trinajstić information content (AvgIpc) is 1.14. The first kappa shape index (κ1) is 13.6. The third kappa shape index (κ3) is 11.8. The fraction of sp³-hybridized carbons (Fsp3) is 1.00. The Hall–Kier alpha value is 1.07. The van der Waals surface area contributed by atoms with Gasteiger partial charge in [-0.25, -0.2) is 0 Å². The van der Waals surface area contributed by atoms with Crippen molar-refractivity contribution in [2.75, 3.05) is 0 Å². The van der Waals surface area contributed by atoms with E-state index in [1.165, 1.54) is 0 Å². The summed E-state index contributed by atoms with van der Waals surface area (Å²) in [5.74, 6) is 0. The van der Waals surface area contributed by atoms with Crippen LogP contribution in [-0.4, -0.2) is 21.6 Å². The monoisotopic (exact) mass is 242 g/mol. The van der Waals surface area contributed by atoms with Crippen LogP contribution in [0.5, 0.6) is 0 Å². The summed E-state index contributed by atoms with van der Waals surface area (Å²) in [5.41, 5.74) is 7.49. The molecule has 0 atom stereocenters. The van der Waals surface area contributed by atoms with E-state index in [0.717, 1.165) is 0 Å². The van der Waals surface area contributed by atoms with Gasteiger partial charge in [-0.05, 0) is 0 Å². The second kappa shape index (κ2) is 4.18. The molecule has 64 valence electrons. The number of hydrogen-bond donors (Lipinski definition) is 0. The van der Waals surface area contributed by atoms with Gasteiger partial charge < -0.3 is 12.4 Å². The van der Waals surface area contributed by atoms with E-state index in [4.69, 9.17) is 0 Å². The van der Waals surface area contributed by atoms with Gasteiger partial charge in [-0.15, -0.1) is 0 Å². The molecule has 0 unspecified atom stereocenters. The fourth-order valence-corrected chi connectivity index (χ4v) is 22.2. The molecule has 0 aromatic rings. The maximum Gasteiger partial charge on any atom is -1.00 e. The average molecular weight is 243 g/mol. The van der Waals surface area contributed by atoms with Crippen molar-refractivity contribution in [3.05, 3.63) is 0 Å². The van der Waals surface area contributed by atoms with E-state index < -0.39 is 21.6 Å². The van der Waals surface area contributed by atoms with Gasteiger partial charge in [0.1, 0.15) is 0 Å². The van der Waals surface area contributed by atoms with Crippen molar-refractivity contribution in [2.24, 2.45) is 0 Å². The molecule has 0 aromatic carbocycles. The van der Waals surface area contributed by atoms with E-state index in [1.807, 2.05) is 0 Å². The Morgan fingerprint density at radius 3 is 1.30 bits per heavy atom. The van der Waals surface area contributed by atoms with Crippen molar-refractivity contribution in [3.63, 3.8) is 0 Å². The van der Waals surface area contributed by atoms with Gasteiger partial charge in [0.2, 0.25) is 0 Å². The molecule has 0 heterocycles. The Morgan fingerprint density at radius 1 is 1.00 bits per heavy atom. The number of halogens is 1. The van der Waals surface area contributed by atoms with E-state index in [1.54, 1.807) is 4.83 Å². The molecular weight excluding hydrogens is 223 g/mol. The molecule has 0 N–H and O–H groups in total. The maximum atomic E-state index is 2.50. The Kier molecular flexibility index (Phi) is 5.70. The molecule has 0 fully saturated rings. The van der Waals surface area contributed by atoms with Crippen LogP contribution in [0.15, 0.2) is 0 Å². The largest absolute Gasteiger partial charge is 1.00 e. The second-order valence-electron chi connectivity index (χ2n) is 5.01. The van der Waals surface area contributed by atoms with Crippen LogP contribution < -0.4 is 12.4 Å². The summed E-state index contributed by atoms with van der Waals surface area (Å²) >= 11 is -1.03. The fourth-order valence-electron chi connectivity index (χ4n) is 1.42. The summed E-state index contributed by atoms with van der Waals surface area (Å²) in [6, 6.07) is 0. The zero-order valence-electron chi connectivity index (χ0n) is 8.03. The van der Waals surface area contributed by atoms with E-state index in [2.05, 4.69) is 36.8 Å². The first-order valence-electron chi connectivity index (χ1n) is 3.51. The summed E-state index contributed by atoms with van der Waals surface area (Å²) in [4.78, 5) is 1.60. The van der Waals surface area contributed by atoms with Crippen LogP contribution in [0.25, 0.3) is 0 Å². The molecule has 0 radical (unpaired) electrons. The molecule has 0 bridgehead atoms. The van der Waals surface area contributed by atoms with Gasteiger partial charge in [0.25, 0.3) is 0 Å². The summed E-state index contributed by atoms with van der Waals surface area (Å²) in [6.07, 6.45) is 0. The molecule has 0 aromatic heterocycles. The Balaban J connectivity index is 0. The Morgan fingerprint density at radius 2 is 1.30 bits per heavy atom. The van der Waals surface area contributed by atoms with Crippen LogP contribution in [0, 0.1) is 0 Å². The molecule has 3 heteroatoms. The van der Waals surface area contributed by atoms with E-state index in [9.17, 15) is 0 Å². The van der Waals surface area contributed by atoms with Gasteiger partial charge in [0, 0.05) is 0 Å². The number of hydrogen-bond acceptors (Lipinski definition) is 0. The normalized spacial score (nSPS) is 12.6. The molecule has 0 saturated carbocycles. The van der Waals surface area contributed by atoms with Gasteiger partial charge in [0.05, 0.1) is 0 Å². The van der Waals surface area contributed by atoms with Gasteiger partial charge in [-0.2, -0.15) is 0 Å². The van der Waals surface area contributed by atoms with Crippen LogP contribution in [-0.2, 0) is 0 Å². The molecule has 0 aliphatic heterocycles. The molecular formula is C7H20AsClSi. The van der Waals surface area contributed by atoms with Crippen LogP contribution in [0.1, 0.15) is 0 Å². The minimum absolute atomic E-state index is 0. The smallest absolute Gasteiger partial charge is 1.00 e. The third-order valence-electron chi connectivity index (χ3n) is 0.949. The summed E-state index contributed by atoms with van der Waals surface area (Å²) in [5, 5.41) is 0. The zero-order valence-corrected chi connectivity index (χ0v) is 11.7. The Bertz CT molecular complexity index is 78.8. The molecule has 0 amide bonds. The molecule has 0 nitrogen and oxygen atoms in total. The first-order chi connectivity index (χ1) is 3.71. The van der Waals surface area contributed by atoms with E-state index in [-0.39, 0.29) is 12.4 Å². The van der Waals surface area contributed by atoms with Gasteiger partial charge in [0.15, 0.2) is 0 Å². The van der Waals surface area contributed by atoms with Crippen LogP contribution >= 0.6 is 0 Å². The van der Waals surface area contributed by atoms with Crippen LogP contribution in [0.3, 0.4) is 0 Å². The SMILES string of the molecule is C[Si](C)(C)C[As+](C)(C)C.[Cl-]. The van der Waals surface area contributed by atoms with Crippen molar-refractivity contribution >= 4 is 21.6 Å². The predicted octanol–water partition coefficient (Wildman–Crippen LogP) is 0.206. The number of rotatable bonds is 2. The van der Waals surface area contributed by atoms with Crippen molar-refractivity contribution in [3.8, 4) is 0 Å². The van der Waals surface area contributed by atoms with Crippen molar-refractivity contribution in [1.29, 1.82) is 0 Å². The van der Waals surface area contributed by atoms with Crippen LogP contribution in [0.2, 0.25) is 41.6 Å². The first-order valence-corrected chi connectivity index (χ1v) is 14.2. The van der Waals surface area contributed by atoms with E-state index >= 15 is 0 Å². The quantitative estimate of drug-likeness (QED) is 0.608. The minimum Gasteiger partial charge on any atom is -1.00 e. The summed E-state index contributed by atoms with van der Waals surface area (Å²) in [7, 11) is -0.716. The molecule has 0 rings (SSSR count). The predicted molar refractivity (Wildman–Crippen MR) is 51.5 cm³/mol. The van der Waals surface area contributed by atoms with Crippen molar-refractivity contribution in [2.45, 2.75) is 41.6 Å². The second-order valence-corrected chi connectivity index (χ2v) is 22.0. The molecule has 0 aliphatic carbocycles. The van der Waals surface area contributed by atoms with Crippen molar-refractivity contribution in [1.82, 2.24) is 0 Å². The van der Waals surface area contributed by atoms with Gasteiger partial charge >= 0.3 is 63.2 Å². The third-order valence-corrected chi connectivity index (χ3v) is 14.8. The Labute approximate surface area is 75.7 Å². The van der Waals surface area contributed by atoms with Gasteiger partial charge in [-0.1, -0.05) is 0 Å². The molecule has 0 aliphatic rings. The van der Waals surface area contributed by atoms with Crippen LogP contribution in [0.4, 0.5) is 0 Å². The van der Waals surface area contributed by atoms with Gasteiger partial charge in [-0.3, -0.25) is 0 Å². The standard InChI is InChI=1S/C7H20AsSi.ClH/c1-8(2,3)7-9(4,5)6;/h7H2,1-6H3;1H/q+1;/p-1. The zero-order chi connectivity index (χ0) is 7.71. The molecule has 0 saturated heterocycles. The topological polar surface area (TPSA) is 0 Å². The molecule has 10 heavy (non-hydrogen) atoms. The molecule has 0 spiro atoms. The maximum absolute atomic E-state index is 2.50. The summed E-state index contributed by atoms with van der Waals surface area (Å²) < 4.78 is 0. The van der Waals surface area contributed by atoms with Crippen molar-refractivity contribution < 1.29 is 12.4 Å². The summed E-state index contributed by atoms with van der Waals surface area (Å²) in [6.45, 7) is 7.42. The minimum atomic E-state index is -1.03.